The molecule has 4 rings (SSSR count). The van der Waals surface area contributed by atoms with E-state index in [9.17, 15) is 24.2 Å². The number of imidazole rings is 1. The van der Waals surface area contributed by atoms with E-state index < -0.39 is 51.7 Å². The van der Waals surface area contributed by atoms with Crippen LogP contribution in [-0.4, -0.2) is 87.8 Å². The number of aliphatic hydroxyl groups excluding tert-OH is 1. The lowest BCUT2D eigenvalue weighted by atomic mass is 9.96. The highest BCUT2D eigenvalue weighted by molar-refractivity contribution is 7.70. The summed E-state index contributed by atoms with van der Waals surface area (Å²) in [7, 11) is -7.62. The van der Waals surface area contributed by atoms with Crippen LogP contribution in [0.4, 0.5) is 5.82 Å². The van der Waals surface area contributed by atoms with Gasteiger partial charge in [0.15, 0.2) is 29.1 Å². The third-order valence-corrected chi connectivity index (χ3v) is 10.0. The summed E-state index contributed by atoms with van der Waals surface area (Å²) in [4.78, 5) is 42.6. The predicted molar refractivity (Wildman–Crippen MR) is 124 cm³/mol. The Balaban J connectivity index is 1.61. The second-order valence-corrected chi connectivity index (χ2v) is 13.5. The third-order valence-electron chi connectivity index (χ3n) is 6.39. The summed E-state index contributed by atoms with van der Waals surface area (Å²) in [5, 5.41) is 21.6. The summed E-state index contributed by atoms with van der Waals surface area (Å²) < 4.78 is 35.0. The molecule has 3 heterocycles. The van der Waals surface area contributed by atoms with Crippen LogP contribution in [0.2, 0.25) is 5.28 Å². The number of hydrogen-bond acceptors (Lipinski definition) is 10. The number of ether oxygens (including phenoxy) is 1. The van der Waals surface area contributed by atoms with E-state index in [-0.39, 0.29) is 17.0 Å². The van der Waals surface area contributed by atoms with Crippen LogP contribution in [0, 0.1) is 0 Å². The smallest absolute Gasteiger partial charge is 0.340 e. The third kappa shape index (κ3) is 5.57. The van der Waals surface area contributed by atoms with Gasteiger partial charge in [-0.15, -0.1) is 0 Å². The SMILES string of the molecule is CN(c1nc(Cl)nc2c1ncn2[C@@H]1O[C@H](COP(=O)(O)CP(=O)(O)O)[C@@H](O)[C@@]1(C)O)C1CCCC1. The Morgan fingerprint density at radius 2 is 1.94 bits per heavy atom. The molecule has 1 saturated heterocycles. The van der Waals surface area contributed by atoms with E-state index in [1.165, 1.54) is 17.8 Å². The normalized spacial score (nSPS) is 29.7. The second-order valence-electron chi connectivity index (χ2n) is 9.13. The molecule has 2 aliphatic rings. The van der Waals surface area contributed by atoms with E-state index in [2.05, 4.69) is 15.0 Å². The van der Waals surface area contributed by atoms with Crippen molar-refractivity contribution >= 4 is 43.8 Å². The number of aromatic nitrogens is 4. The fourth-order valence-electron chi connectivity index (χ4n) is 4.60. The first-order valence-electron chi connectivity index (χ1n) is 10.9. The summed E-state index contributed by atoms with van der Waals surface area (Å²) in [6.07, 6.45) is 1.46. The van der Waals surface area contributed by atoms with Crippen LogP contribution in [0.25, 0.3) is 11.2 Å². The number of halogens is 1. The largest absolute Gasteiger partial charge is 0.387 e. The van der Waals surface area contributed by atoms with Crippen molar-refractivity contribution in [2.75, 3.05) is 24.5 Å². The van der Waals surface area contributed by atoms with Crippen molar-refractivity contribution in [3.05, 3.63) is 11.6 Å². The molecule has 0 aromatic carbocycles. The zero-order valence-corrected chi connectivity index (χ0v) is 21.6. The minimum Gasteiger partial charge on any atom is -0.387 e. The van der Waals surface area contributed by atoms with Gasteiger partial charge in [0.05, 0.1) is 12.9 Å². The average Bonchev–Trinajstić information content (AvgIpc) is 3.44. The van der Waals surface area contributed by atoms with E-state index in [1.54, 1.807) is 0 Å². The molecule has 5 N–H and O–H groups in total. The van der Waals surface area contributed by atoms with Crippen LogP contribution in [0.15, 0.2) is 6.33 Å². The molecule has 17 heteroatoms. The fourth-order valence-corrected chi connectivity index (χ4v) is 7.33. The highest BCUT2D eigenvalue weighted by Crippen LogP contribution is 2.55. The maximum absolute atomic E-state index is 12.0. The Morgan fingerprint density at radius 1 is 1.29 bits per heavy atom. The van der Waals surface area contributed by atoms with Crippen molar-refractivity contribution < 1.29 is 43.3 Å². The molecule has 0 amide bonds. The van der Waals surface area contributed by atoms with Gasteiger partial charge >= 0.3 is 15.2 Å². The van der Waals surface area contributed by atoms with Gasteiger partial charge in [-0.2, -0.15) is 9.97 Å². The minimum absolute atomic E-state index is 0.0455. The molecule has 14 nitrogen and oxygen atoms in total. The van der Waals surface area contributed by atoms with Crippen LogP contribution >= 0.6 is 26.8 Å². The Labute approximate surface area is 205 Å². The molecule has 2 aromatic heterocycles. The molecule has 35 heavy (non-hydrogen) atoms. The maximum atomic E-state index is 12.0. The number of hydrogen-bond donors (Lipinski definition) is 5. The van der Waals surface area contributed by atoms with Gasteiger partial charge in [0.25, 0.3) is 0 Å². The Bertz CT molecular complexity index is 1180. The van der Waals surface area contributed by atoms with Crippen LogP contribution in [0.3, 0.4) is 0 Å². The summed E-state index contributed by atoms with van der Waals surface area (Å²) >= 11 is 6.21. The molecule has 196 valence electrons. The van der Waals surface area contributed by atoms with Gasteiger partial charge in [0.1, 0.15) is 17.8 Å². The van der Waals surface area contributed by atoms with Crippen LogP contribution in [0.1, 0.15) is 38.8 Å². The van der Waals surface area contributed by atoms with E-state index in [1.807, 2.05) is 11.9 Å². The molecule has 0 spiro atoms. The van der Waals surface area contributed by atoms with E-state index in [0.717, 1.165) is 25.7 Å². The number of rotatable bonds is 8. The molecule has 0 radical (unpaired) electrons. The topological polar surface area (TPSA) is 201 Å². The maximum Gasteiger partial charge on any atom is 0.340 e. The van der Waals surface area contributed by atoms with Crippen molar-refractivity contribution in [2.24, 2.45) is 0 Å². The number of nitrogens with zero attached hydrogens (tertiary/aromatic N) is 5. The molecule has 1 aliphatic heterocycles. The molecule has 5 atom stereocenters. The first-order valence-corrected chi connectivity index (χ1v) is 14.8. The fraction of sp³-hybridized carbons (Fsp3) is 0.722. The van der Waals surface area contributed by atoms with Crippen molar-refractivity contribution in [3.8, 4) is 0 Å². The lowest BCUT2D eigenvalue weighted by molar-refractivity contribution is -0.0948. The lowest BCUT2D eigenvalue weighted by Crippen LogP contribution is -2.44. The average molecular weight is 556 g/mol. The first kappa shape index (κ1) is 26.9. The molecular formula is C18H28ClN5O9P2. The van der Waals surface area contributed by atoms with Gasteiger partial charge in [-0.3, -0.25) is 13.7 Å². The standard InChI is InChI=1S/C18H28ClN5O9P2/c1-18(26)13(25)11(7-32-35(30,31)9-34(27,28)29)33-16(18)24-8-20-12-14(21-17(19)22-15(12)24)23(2)10-5-3-4-6-10/h8,10-11,13,16,25-26H,3-7,9H2,1-2H3,(H,30,31)(H2,27,28,29)/t11-,13-,16-,18-/m1/s1. The summed E-state index contributed by atoms with van der Waals surface area (Å²) in [6, 6.07) is 0.269. The van der Waals surface area contributed by atoms with E-state index in [0.29, 0.717) is 11.3 Å². The highest BCUT2D eigenvalue weighted by atomic mass is 35.5. The van der Waals surface area contributed by atoms with Crippen molar-refractivity contribution in [1.29, 1.82) is 0 Å². The van der Waals surface area contributed by atoms with Gasteiger partial charge in [0, 0.05) is 13.1 Å². The number of aliphatic hydroxyl groups is 2. The van der Waals surface area contributed by atoms with Crippen LogP contribution in [-0.2, 0) is 18.4 Å². The quantitative estimate of drug-likeness (QED) is 0.230. The summed E-state index contributed by atoms with van der Waals surface area (Å²) in [5.74, 6) is -0.871. The zero-order chi connectivity index (χ0) is 25.8. The molecule has 0 bridgehead atoms. The monoisotopic (exact) mass is 555 g/mol. The van der Waals surface area contributed by atoms with Gasteiger partial charge < -0.3 is 39.1 Å². The van der Waals surface area contributed by atoms with E-state index in [4.69, 9.17) is 30.6 Å². The van der Waals surface area contributed by atoms with Crippen molar-refractivity contribution in [2.45, 2.75) is 62.7 Å². The van der Waals surface area contributed by atoms with Crippen molar-refractivity contribution in [1.82, 2.24) is 19.5 Å². The van der Waals surface area contributed by atoms with Gasteiger partial charge in [-0.05, 0) is 31.4 Å². The number of anilines is 1. The molecule has 1 unspecified atom stereocenters. The van der Waals surface area contributed by atoms with E-state index >= 15 is 0 Å². The molecule has 1 aliphatic carbocycles. The molecule has 1 saturated carbocycles. The molecular weight excluding hydrogens is 528 g/mol. The molecule has 2 aromatic rings. The van der Waals surface area contributed by atoms with Crippen molar-refractivity contribution in [3.63, 3.8) is 0 Å². The van der Waals surface area contributed by atoms with Crippen LogP contribution in [0.5, 0.6) is 0 Å². The lowest BCUT2D eigenvalue weighted by Gasteiger charge is -2.28. The summed E-state index contributed by atoms with van der Waals surface area (Å²) in [6.45, 7) is 0.594. The van der Waals surface area contributed by atoms with Gasteiger partial charge in [-0.1, -0.05) is 12.8 Å². The van der Waals surface area contributed by atoms with Gasteiger partial charge in [0.2, 0.25) is 5.28 Å². The first-order chi connectivity index (χ1) is 16.2. The number of fused-ring (bicyclic) bond motifs is 1. The van der Waals surface area contributed by atoms with Crippen LogP contribution < -0.4 is 4.90 Å². The molecule has 2 fully saturated rings. The van der Waals surface area contributed by atoms with Gasteiger partial charge in [-0.25, -0.2) is 4.98 Å². The summed E-state index contributed by atoms with van der Waals surface area (Å²) in [5.41, 5.74) is -1.25. The zero-order valence-electron chi connectivity index (χ0n) is 19.0. The highest BCUT2D eigenvalue weighted by Gasteiger charge is 2.54. The Morgan fingerprint density at radius 3 is 2.57 bits per heavy atom. The second kappa shape index (κ2) is 9.60. The Hall–Kier alpha value is -1.18. The minimum atomic E-state index is -4.83. The Kier molecular flexibility index (Phi) is 7.37. The predicted octanol–water partition coefficient (Wildman–Crippen LogP) is 1.20.